The first-order valence-corrected chi connectivity index (χ1v) is 4.25. The average Bonchev–Trinajstić information content (AvgIpc) is 2.33. The summed E-state index contributed by atoms with van der Waals surface area (Å²) in [5.74, 6) is -0.817. The molecule has 70 valence electrons. The number of rotatable bonds is 3. The van der Waals surface area contributed by atoms with Gasteiger partial charge in [-0.05, 0) is 26.3 Å². The Hall–Kier alpha value is -0.610. The molecule has 1 fully saturated rings. The van der Waals surface area contributed by atoms with Crippen molar-refractivity contribution < 1.29 is 15.0 Å². The van der Waals surface area contributed by atoms with Gasteiger partial charge in [-0.2, -0.15) is 0 Å². The fraction of sp³-hybridized carbons (Fsp3) is 0.875. The molecule has 0 aromatic carbocycles. The predicted octanol–water partition coefficient (Wildman–Crippen LogP) is -0.0838. The standard InChI is InChI=1S/C8H15NO3/c1-6(10)7-3-2-4-9(7)5-8(11)12/h6-7,10H,2-5H2,1H3,(H,11,12). The molecule has 0 amide bonds. The third kappa shape index (κ3) is 2.19. The molecule has 2 N–H and O–H groups in total. The van der Waals surface area contributed by atoms with E-state index in [1.807, 2.05) is 4.90 Å². The molecule has 0 radical (unpaired) electrons. The highest BCUT2D eigenvalue weighted by atomic mass is 16.4. The van der Waals surface area contributed by atoms with Crippen LogP contribution in [0.5, 0.6) is 0 Å². The van der Waals surface area contributed by atoms with Crippen molar-refractivity contribution in [2.75, 3.05) is 13.1 Å². The topological polar surface area (TPSA) is 60.8 Å². The Morgan fingerprint density at radius 1 is 1.75 bits per heavy atom. The second-order valence-corrected chi connectivity index (χ2v) is 3.31. The van der Waals surface area contributed by atoms with Crippen molar-refractivity contribution >= 4 is 5.97 Å². The Morgan fingerprint density at radius 2 is 2.42 bits per heavy atom. The number of carbonyl (C=O) groups is 1. The Kier molecular flexibility index (Phi) is 3.05. The first-order chi connectivity index (χ1) is 5.61. The van der Waals surface area contributed by atoms with Crippen LogP contribution in [0.4, 0.5) is 0 Å². The van der Waals surface area contributed by atoms with Gasteiger partial charge in [0, 0.05) is 6.04 Å². The van der Waals surface area contributed by atoms with E-state index in [0.29, 0.717) is 0 Å². The van der Waals surface area contributed by atoms with Gasteiger partial charge in [0.1, 0.15) is 0 Å². The van der Waals surface area contributed by atoms with E-state index in [9.17, 15) is 9.90 Å². The zero-order chi connectivity index (χ0) is 9.14. The van der Waals surface area contributed by atoms with E-state index >= 15 is 0 Å². The molecule has 0 saturated carbocycles. The van der Waals surface area contributed by atoms with Crippen LogP contribution in [-0.4, -0.2) is 46.3 Å². The van der Waals surface area contributed by atoms with E-state index in [4.69, 9.17) is 5.11 Å². The lowest BCUT2D eigenvalue weighted by Crippen LogP contribution is -2.40. The molecule has 12 heavy (non-hydrogen) atoms. The van der Waals surface area contributed by atoms with E-state index in [0.717, 1.165) is 19.4 Å². The van der Waals surface area contributed by atoms with Crippen LogP contribution in [0.15, 0.2) is 0 Å². The maximum atomic E-state index is 10.4. The van der Waals surface area contributed by atoms with Crippen LogP contribution in [0.2, 0.25) is 0 Å². The van der Waals surface area contributed by atoms with Gasteiger partial charge < -0.3 is 10.2 Å². The summed E-state index contributed by atoms with van der Waals surface area (Å²) in [5, 5.41) is 17.9. The zero-order valence-electron chi connectivity index (χ0n) is 7.23. The number of aliphatic carboxylic acids is 1. The summed E-state index contributed by atoms with van der Waals surface area (Å²) in [7, 11) is 0. The van der Waals surface area contributed by atoms with Crippen LogP contribution < -0.4 is 0 Å². The van der Waals surface area contributed by atoms with Crippen molar-refractivity contribution in [2.24, 2.45) is 0 Å². The molecule has 0 spiro atoms. The second-order valence-electron chi connectivity index (χ2n) is 3.31. The quantitative estimate of drug-likeness (QED) is 0.626. The molecule has 4 nitrogen and oxygen atoms in total. The summed E-state index contributed by atoms with van der Waals surface area (Å²) in [5.41, 5.74) is 0. The van der Waals surface area contributed by atoms with Crippen molar-refractivity contribution in [3.8, 4) is 0 Å². The largest absolute Gasteiger partial charge is 0.480 e. The van der Waals surface area contributed by atoms with Gasteiger partial charge in [-0.15, -0.1) is 0 Å². The highest BCUT2D eigenvalue weighted by molar-refractivity contribution is 5.69. The first-order valence-electron chi connectivity index (χ1n) is 4.25. The van der Waals surface area contributed by atoms with Crippen molar-refractivity contribution in [1.29, 1.82) is 0 Å². The van der Waals surface area contributed by atoms with E-state index in [2.05, 4.69) is 0 Å². The molecule has 1 rings (SSSR count). The van der Waals surface area contributed by atoms with Crippen molar-refractivity contribution in [3.05, 3.63) is 0 Å². The van der Waals surface area contributed by atoms with Crippen LogP contribution in [0.25, 0.3) is 0 Å². The SMILES string of the molecule is CC(O)C1CCCN1CC(=O)O. The number of likely N-dealkylation sites (tertiary alicyclic amines) is 1. The summed E-state index contributed by atoms with van der Waals surface area (Å²) in [4.78, 5) is 12.2. The average molecular weight is 173 g/mol. The monoisotopic (exact) mass is 173 g/mol. The van der Waals surface area contributed by atoms with E-state index < -0.39 is 12.1 Å². The minimum atomic E-state index is -0.817. The van der Waals surface area contributed by atoms with Gasteiger partial charge in [-0.3, -0.25) is 9.69 Å². The normalized spacial score (nSPS) is 27.3. The van der Waals surface area contributed by atoms with Crippen LogP contribution >= 0.6 is 0 Å². The van der Waals surface area contributed by atoms with Gasteiger partial charge in [0.2, 0.25) is 0 Å². The smallest absolute Gasteiger partial charge is 0.317 e. The summed E-state index contributed by atoms with van der Waals surface area (Å²) in [6.07, 6.45) is 1.47. The zero-order valence-corrected chi connectivity index (χ0v) is 7.23. The molecular weight excluding hydrogens is 158 g/mol. The van der Waals surface area contributed by atoms with Crippen molar-refractivity contribution in [2.45, 2.75) is 31.9 Å². The van der Waals surface area contributed by atoms with Gasteiger partial charge in [0.25, 0.3) is 0 Å². The van der Waals surface area contributed by atoms with Gasteiger partial charge in [-0.25, -0.2) is 0 Å². The highest BCUT2D eigenvalue weighted by Crippen LogP contribution is 2.19. The Morgan fingerprint density at radius 3 is 2.92 bits per heavy atom. The lowest BCUT2D eigenvalue weighted by atomic mass is 10.1. The van der Waals surface area contributed by atoms with Crippen LogP contribution in [0.1, 0.15) is 19.8 Å². The van der Waals surface area contributed by atoms with Gasteiger partial charge >= 0.3 is 5.97 Å². The summed E-state index contributed by atoms with van der Waals surface area (Å²) in [6.45, 7) is 2.56. The third-order valence-electron chi connectivity index (χ3n) is 2.31. The van der Waals surface area contributed by atoms with Crippen molar-refractivity contribution in [3.63, 3.8) is 0 Å². The number of carboxylic acids is 1. The molecule has 0 aliphatic carbocycles. The summed E-state index contributed by atoms with van der Waals surface area (Å²) >= 11 is 0. The predicted molar refractivity (Wildman–Crippen MR) is 43.9 cm³/mol. The molecule has 2 atom stereocenters. The number of aliphatic hydroxyl groups is 1. The number of nitrogens with zero attached hydrogens (tertiary/aromatic N) is 1. The second kappa shape index (κ2) is 3.87. The molecule has 1 aliphatic heterocycles. The van der Waals surface area contributed by atoms with Crippen LogP contribution in [0, 0.1) is 0 Å². The number of aliphatic hydroxyl groups excluding tert-OH is 1. The molecule has 1 saturated heterocycles. The summed E-state index contributed by atoms with van der Waals surface area (Å²) < 4.78 is 0. The molecular formula is C8H15NO3. The number of hydrogen-bond acceptors (Lipinski definition) is 3. The van der Waals surface area contributed by atoms with E-state index in [-0.39, 0.29) is 12.6 Å². The summed E-state index contributed by atoms with van der Waals surface area (Å²) in [6, 6.07) is 0.0427. The van der Waals surface area contributed by atoms with Crippen LogP contribution in [-0.2, 0) is 4.79 Å². The molecule has 0 aromatic rings. The fourth-order valence-electron chi connectivity index (χ4n) is 1.77. The maximum absolute atomic E-state index is 10.4. The van der Waals surface area contributed by atoms with E-state index in [1.165, 1.54) is 0 Å². The molecule has 0 aromatic heterocycles. The number of hydrogen-bond donors (Lipinski definition) is 2. The maximum Gasteiger partial charge on any atom is 0.317 e. The highest BCUT2D eigenvalue weighted by Gasteiger charge is 2.29. The van der Waals surface area contributed by atoms with Gasteiger partial charge in [-0.1, -0.05) is 0 Å². The Balaban J connectivity index is 2.46. The van der Waals surface area contributed by atoms with E-state index in [1.54, 1.807) is 6.92 Å². The Bertz CT molecular complexity index is 170. The first kappa shape index (κ1) is 9.48. The van der Waals surface area contributed by atoms with Gasteiger partial charge in [0.05, 0.1) is 12.6 Å². The minimum absolute atomic E-state index is 0.0427. The lowest BCUT2D eigenvalue weighted by molar-refractivity contribution is -0.138. The lowest BCUT2D eigenvalue weighted by Gasteiger charge is -2.24. The van der Waals surface area contributed by atoms with Crippen molar-refractivity contribution in [1.82, 2.24) is 4.90 Å². The fourth-order valence-corrected chi connectivity index (χ4v) is 1.77. The molecule has 2 unspecified atom stereocenters. The number of carboxylic acid groups (broad SMARTS) is 1. The molecule has 1 aliphatic rings. The molecule has 0 bridgehead atoms. The minimum Gasteiger partial charge on any atom is -0.480 e. The third-order valence-corrected chi connectivity index (χ3v) is 2.31. The molecule has 1 heterocycles. The van der Waals surface area contributed by atoms with Gasteiger partial charge in [0.15, 0.2) is 0 Å². The van der Waals surface area contributed by atoms with Crippen LogP contribution in [0.3, 0.4) is 0 Å². The molecule has 4 heteroatoms. The Labute approximate surface area is 71.8 Å².